The van der Waals surface area contributed by atoms with Gasteiger partial charge in [0.25, 0.3) is 0 Å². The SMILES string of the molecule is C#CCOC(=O)c1ccc(S(=O)(=O)N2CCCCC2)cc1. The Morgan fingerprint density at radius 3 is 2.38 bits per heavy atom. The Morgan fingerprint density at radius 2 is 1.81 bits per heavy atom. The number of hydrogen-bond acceptors (Lipinski definition) is 4. The number of sulfonamides is 1. The number of esters is 1. The largest absolute Gasteiger partial charge is 0.449 e. The van der Waals surface area contributed by atoms with Crippen molar-refractivity contribution in [2.24, 2.45) is 0 Å². The molecule has 1 aromatic rings. The van der Waals surface area contributed by atoms with Crippen LogP contribution in [0.1, 0.15) is 29.6 Å². The van der Waals surface area contributed by atoms with Crippen molar-refractivity contribution >= 4 is 16.0 Å². The predicted octanol–water partition coefficient (Wildman–Crippen LogP) is 1.65. The van der Waals surface area contributed by atoms with Gasteiger partial charge in [-0.15, -0.1) is 6.42 Å². The van der Waals surface area contributed by atoms with E-state index in [1.807, 2.05) is 0 Å². The van der Waals surface area contributed by atoms with Crippen molar-refractivity contribution in [3.8, 4) is 12.3 Å². The van der Waals surface area contributed by atoms with Crippen LogP contribution in [0.15, 0.2) is 29.2 Å². The molecule has 0 atom stereocenters. The molecule has 1 fully saturated rings. The first-order valence-electron chi connectivity index (χ1n) is 6.76. The maximum absolute atomic E-state index is 12.4. The molecular weight excluding hydrogens is 290 g/mol. The average Bonchev–Trinajstić information content (AvgIpc) is 2.53. The summed E-state index contributed by atoms with van der Waals surface area (Å²) in [5, 5.41) is 0. The lowest BCUT2D eigenvalue weighted by molar-refractivity contribution is 0.0556. The van der Waals surface area contributed by atoms with Crippen molar-refractivity contribution in [1.82, 2.24) is 4.31 Å². The molecule has 1 aliphatic rings. The second kappa shape index (κ2) is 6.74. The fourth-order valence-electron chi connectivity index (χ4n) is 2.21. The van der Waals surface area contributed by atoms with Gasteiger partial charge in [0.2, 0.25) is 10.0 Å². The topological polar surface area (TPSA) is 63.7 Å². The van der Waals surface area contributed by atoms with E-state index in [4.69, 9.17) is 11.2 Å². The molecule has 0 saturated carbocycles. The number of rotatable bonds is 4. The summed E-state index contributed by atoms with van der Waals surface area (Å²) < 4.78 is 31.1. The molecule has 6 heteroatoms. The minimum Gasteiger partial charge on any atom is -0.449 e. The number of hydrogen-bond donors (Lipinski definition) is 0. The Balaban J connectivity index is 2.14. The lowest BCUT2D eigenvalue weighted by Crippen LogP contribution is -2.35. The number of piperidine rings is 1. The molecule has 0 unspecified atom stereocenters. The number of benzene rings is 1. The Kier molecular flexibility index (Phi) is 4.99. The molecule has 1 aromatic carbocycles. The van der Waals surface area contributed by atoms with E-state index in [0.29, 0.717) is 13.1 Å². The third kappa shape index (κ3) is 3.63. The smallest absolute Gasteiger partial charge is 0.339 e. The second-order valence-corrected chi connectivity index (χ2v) is 6.71. The lowest BCUT2D eigenvalue weighted by Gasteiger charge is -2.25. The van der Waals surface area contributed by atoms with Gasteiger partial charge in [-0.1, -0.05) is 12.3 Å². The van der Waals surface area contributed by atoms with Gasteiger partial charge >= 0.3 is 5.97 Å². The summed E-state index contributed by atoms with van der Waals surface area (Å²) in [5.74, 6) is 1.64. The molecule has 0 amide bonds. The molecule has 1 saturated heterocycles. The number of carbonyl (C=O) groups is 1. The normalized spacial score (nSPS) is 16.1. The molecule has 0 spiro atoms. The molecule has 0 aromatic heterocycles. The zero-order valence-corrected chi connectivity index (χ0v) is 12.4. The summed E-state index contributed by atoms with van der Waals surface area (Å²) in [6, 6.07) is 5.73. The molecule has 0 aliphatic carbocycles. The molecule has 5 nitrogen and oxygen atoms in total. The van der Waals surface area contributed by atoms with Crippen LogP contribution < -0.4 is 0 Å². The summed E-state index contributed by atoms with van der Waals surface area (Å²) in [4.78, 5) is 11.8. The van der Waals surface area contributed by atoms with Gasteiger partial charge in [-0.2, -0.15) is 4.31 Å². The van der Waals surface area contributed by atoms with E-state index in [0.717, 1.165) is 19.3 Å². The molecule has 1 heterocycles. The fraction of sp³-hybridized carbons (Fsp3) is 0.400. The minimum atomic E-state index is -3.47. The van der Waals surface area contributed by atoms with Crippen LogP contribution in [0, 0.1) is 12.3 Å². The van der Waals surface area contributed by atoms with E-state index in [1.165, 1.54) is 28.6 Å². The highest BCUT2D eigenvalue weighted by atomic mass is 32.2. The summed E-state index contributed by atoms with van der Waals surface area (Å²) in [5.41, 5.74) is 0.280. The molecule has 1 aliphatic heterocycles. The molecule has 112 valence electrons. The van der Waals surface area contributed by atoms with Crippen molar-refractivity contribution in [1.29, 1.82) is 0 Å². The fourth-order valence-corrected chi connectivity index (χ4v) is 3.72. The van der Waals surface area contributed by atoms with Crippen molar-refractivity contribution in [2.75, 3.05) is 19.7 Å². The third-order valence-corrected chi connectivity index (χ3v) is 5.24. The van der Waals surface area contributed by atoms with Crippen molar-refractivity contribution < 1.29 is 17.9 Å². The summed E-state index contributed by atoms with van der Waals surface area (Å²) in [7, 11) is -3.47. The minimum absolute atomic E-state index is 0.105. The summed E-state index contributed by atoms with van der Waals surface area (Å²) in [6.45, 7) is 0.995. The number of ether oxygens (including phenoxy) is 1. The van der Waals surface area contributed by atoms with Gasteiger partial charge in [0.15, 0.2) is 6.61 Å². The highest BCUT2D eigenvalue weighted by Crippen LogP contribution is 2.21. The Bertz CT molecular complexity index is 637. The number of nitrogens with zero attached hydrogens (tertiary/aromatic N) is 1. The van der Waals surface area contributed by atoms with Crippen LogP contribution in [0.2, 0.25) is 0 Å². The first kappa shape index (κ1) is 15.5. The maximum atomic E-state index is 12.4. The first-order valence-corrected chi connectivity index (χ1v) is 8.20. The van der Waals surface area contributed by atoms with Crippen LogP contribution in [-0.4, -0.2) is 38.4 Å². The van der Waals surface area contributed by atoms with Crippen LogP contribution >= 0.6 is 0 Å². The van der Waals surface area contributed by atoms with E-state index >= 15 is 0 Å². The van der Waals surface area contributed by atoms with Crippen molar-refractivity contribution in [2.45, 2.75) is 24.2 Å². The zero-order chi connectivity index (χ0) is 15.3. The van der Waals surface area contributed by atoms with E-state index in [1.54, 1.807) is 0 Å². The van der Waals surface area contributed by atoms with E-state index in [-0.39, 0.29) is 17.1 Å². The third-order valence-electron chi connectivity index (χ3n) is 3.33. The van der Waals surface area contributed by atoms with Gasteiger partial charge in [-0.05, 0) is 37.1 Å². The maximum Gasteiger partial charge on any atom is 0.339 e. The Labute approximate surface area is 125 Å². The van der Waals surface area contributed by atoms with Gasteiger partial charge in [0, 0.05) is 13.1 Å². The van der Waals surface area contributed by atoms with E-state index in [9.17, 15) is 13.2 Å². The molecule has 0 radical (unpaired) electrons. The quantitative estimate of drug-likeness (QED) is 0.627. The highest BCUT2D eigenvalue weighted by molar-refractivity contribution is 7.89. The van der Waals surface area contributed by atoms with Crippen LogP contribution in [0.3, 0.4) is 0 Å². The van der Waals surface area contributed by atoms with Gasteiger partial charge in [0.05, 0.1) is 10.5 Å². The summed E-state index contributed by atoms with van der Waals surface area (Å²) in [6.07, 6.45) is 7.84. The van der Waals surface area contributed by atoms with Crippen LogP contribution in [0.4, 0.5) is 0 Å². The van der Waals surface area contributed by atoms with Gasteiger partial charge < -0.3 is 4.74 Å². The van der Waals surface area contributed by atoms with Crippen LogP contribution in [0.5, 0.6) is 0 Å². The van der Waals surface area contributed by atoms with Gasteiger partial charge in [-0.25, -0.2) is 13.2 Å². The number of terminal acetylenes is 1. The second-order valence-electron chi connectivity index (χ2n) is 4.77. The van der Waals surface area contributed by atoms with Crippen LogP contribution in [-0.2, 0) is 14.8 Å². The van der Waals surface area contributed by atoms with Crippen LogP contribution in [0.25, 0.3) is 0 Å². The highest BCUT2D eigenvalue weighted by Gasteiger charge is 2.25. The standard InChI is InChI=1S/C15H17NO4S/c1-2-12-20-15(17)13-6-8-14(9-7-13)21(18,19)16-10-4-3-5-11-16/h1,6-9H,3-5,10-12H2. The summed E-state index contributed by atoms with van der Waals surface area (Å²) >= 11 is 0. The zero-order valence-electron chi connectivity index (χ0n) is 11.6. The Morgan fingerprint density at radius 1 is 1.19 bits per heavy atom. The molecule has 21 heavy (non-hydrogen) atoms. The lowest BCUT2D eigenvalue weighted by atomic mass is 10.2. The first-order chi connectivity index (χ1) is 10.1. The monoisotopic (exact) mass is 307 g/mol. The van der Waals surface area contributed by atoms with Gasteiger partial charge in [0.1, 0.15) is 0 Å². The molecule has 0 bridgehead atoms. The molecule has 2 rings (SSSR count). The molecule has 0 N–H and O–H groups in total. The van der Waals surface area contributed by atoms with Crippen molar-refractivity contribution in [3.63, 3.8) is 0 Å². The van der Waals surface area contributed by atoms with Crippen molar-refractivity contribution in [3.05, 3.63) is 29.8 Å². The molecular formula is C15H17NO4S. The average molecular weight is 307 g/mol. The van der Waals surface area contributed by atoms with E-state index in [2.05, 4.69) is 5.92 Å². The van der Waals surface area contributed by atoms with E-state index < -0.39 is 16.0 Å². The Hall–Kier alpha value is -1.84. The predicted molar refractivity (Wildman–Crippen MR) is 78.2 cm³/mol. The van der Waals surface area contributed by atoms with Gasteiger partial charge in [-0.3, -0.25) is 0 Å². The number of carbonyl (C=O) groups excluding carboxylic acids is 1.